The van der Waals surface area contributed by atoms with E-state index in [1.54, 1.807) is 0 Å². The smallest absolute Gasteiger partial charge is 0.337 e. The second-order valence-electron chi connectivity index (χ2n) is 1.85. The largest absolute Gasteiger partial charge is 0.479 e. The summed E-state index contributed by atoms with van der Waals surface area (Å²) in [6.45, 7) is 0. The molecule has 0 fully saturated rings. The Bertz CT molecular complexity index is 179. The summed E-state index contributed by atoms with van der Waals surface area (Å²) in [5, 5.41) is 16.7. The van der Waals surface area contributed by atoms with E-state index in [1.807, 2.05) is 0 Å². The molecule has 0 bridgehead atoms. The van der Waals surface area contributed by atoms with Gasteiger partial charge in [0.2, 0.25) is 5.54 Å². The van der Waals surface area contributed by atoms with Gasteiger partial charge in [0.25, 0.3) is 0 Å². The predicted molar refractivity (Wildman–Crippen MR) is 44.0 cm³/mol. The van der Waals surface area contributed by atoms with Crippen molar-refractivity contribution in [3.63, 3.8) is 0 Å². The molecule has 11 heavy (non-hydrogen) atoms. The maximum Gasteiger partial charge on any atom is 0.337 e. The molecule has 0 saturated heterocycles. The molecule has 0 aliphatic rings. The van der Waals surface area contributed by atoms with E-state index in [1.165, 1.54) is 0 Å². The number of carbonyl (C=O) groups is 2. The molecule has 0 aromatic rings. The highest BCUT2D eigenvalue weighted by Crippen LogP contribution is 2.17. The molecule has 0 saturated carbocycles. The quantitative estimate of drug-likeness (QED) is 0.228. The first-order valence-electron chi connectivity index (χ1n) is 2.45. The number of nitrogens with two attached hydrogens (primary N) is 1. The lowest BCUT2D eigenvalue weighted by molar-refractivity contribution is -0.155. The van der Waals surface area contributed by atoms with Gasteiger partial charge in [-0.2, -0.15) is 25.3 Å². The molecule has 64 valence electrons. The zero-order chi connectivity index (χ0) is 9.23. The minimum atomic E-state index is -2.44. The van der Waals surface area contributed by atoms with Crippen molar-refractivity contribution in [2.24, 2.45) is 5.73 Å². The number of carboxylic acids is 2. The molecule has 0 atom stereocenters. The molecule has 0 aromatic carbocycles. The number of hydrogen-bond acceptors (Lipinski definition) is 5. The molecule has 0 amide bonds. The molecule has 5 nitrogen and oxygen atoms in total. The fourth-order valence-electron chi connectivity index (χ4n) is 0.312. The van der Waals surface area contributed by atoms with Gasteiger partial charge in [-0.05, 0) is 0 Å². The van der Waals surface area contributed by atoms with Gasteiger partial charge < -0.3 is 15.9 Å². The third-order valence-electron chi connectivity index (χ3n) is 1.12. The molecule has 0 heterocycles. The number of thiol groups is 2. The van der Waals surface area contributed by atoms with Crippen LogP contribution < -0.4 is 5.73 Å². The lowest BCUT2D eigenvalue weighted by Crippen LogP contribution is -2.59. The van der Waals surface area contributed by atoms with Crippen molar-refractivity contribution in [1.82, 2.24) is 0 Å². The van der Waals surface area contributed by atoms with Crippen LogP contribution in [0.25, 0.3) is 0 Å². The Morgan fingerprint density at radius 2 is 1.55 bits per heavy atom. The third kappa shape index (κ3) is 1.79. The second kappa shape index (κ2) is 3.33. The highest BCUT2D eigenvalue weighted by molar-refractivity contribution is 7.99. The summed E-state index contributed by atoms with van der Waals surface area (Å²) in [6.07, 6.45) is 0. The van der Waals surface area contributed by atoms with Crippen molar-refractivity contribution in [1.29, 1.82) is 0 Å². The standard InChI is InChI=1S/C4H7NO4S2/c5-4(1(6)7,2(8)9)3(10)11/h3,10-11H,5H2,(H,6,7)(H,8,9). The van der Waals surface area contributed by atoms with Crippen LogP contribution in [-0.2, 0) is 9.59 Å². The maximum absolute atomic E-state index is 10.3. The first kappa shape index (κ1) is 10.6. The molecule has 4 N–H and O–H groups in total. The summed E-state index contributed by atoms with van der Waals surface area (Å²) in [7, 11) is 0. The van der Waals surface area contributed by atoms with E-state index < -0.39 is 22.1 Å². The summed E-state index contributed by atoms with van der Waals surface area (Å²) in [5.74, 6) is -3.33. The summed E-state index contributed by atoms with van der Waals surface area (Å²) >= 11 is 7.07. The van der Waals surface area contributed by atoms with Crippen molar-refractivity contribution in [3.05, 3.63) is 0 Å². The van der Waals surface area contributed by atoms with Gasteiger partial charge in [0.1, 0.15) is 0 Å². The van der Waals surface area contributed by atoms with Crippen LogP contribution in [0.5, 0.6) is 0 Å². The van der Waals surface area contributed by atoms with Crippen LogP contribution >= 0.6 is 25.3 Å². The summed E-state index contributed by atoms with van der Waals surface area (Å²) in [6, 6.07) is 0. The fraction of sp³-hybridized carbons (Fsp3) is 0.500. The van der Waals surface area contributed by atoms with Crippen LogP contribution in [-0.4, -0.2) is 32.3 Å². The van der Waals surface area contributed by atoms with Crippen LogP contribution in [0.4, 0.5) is 0 Å². The summed E-state index contributed by atoms with van der Waals surface area (Å²) < 4.78 is -1.25. The lowest BCUT2D eigenvalue weighted by Gasteiger charge is -2.21. The van der Waals surface area contributed by atoms with Gasteiger partial charge in [-0.25, -0.2) is 9.59 Å². The summed E-state index contributed by atoms with van der Waals surface area (Å²) in [5.41, 5.74) is 2.54. The van der Waals surface area contributed by atoms with E-state index in [-0.39, 0.29) is 0 Å². The Hall–Kier alpha value is -0.400. The van der Waals surface area contributed by atoms with E-state index >= 15 is 0 Å². The molecule has 0 aliphatic carbocycles. The van der Waals surface area contributed by atoms with Crippen molar-refractivity contribution >= 4 is 37.2 Å². The number of aliphatic carboxylic acids is 2. The van der Waals surface area contributed by atoms with Gasteiger partial charge >= 0.3 is 11.9 Å². The molecule has 0 aliphatic heterocycles. The SMILES string of the molecule is NC(C(=O)O)(C(=O)O)C(S)S. The van der Waals surface area contributed by atoms with E-state index in [0.717, 1.165) is 0 Å². The Labute approximate surface area is 73.4 Å². The molecule has 0 unspecified atom stereocenters. The Kier molecular flexibility index (Phi) is 3.21. The number of rotatable bonds is 3. The minimum Gasteiger partial charge on any atom is -0.479 e. The van der Waals surface area contributed by atoms with Crippen LogP contribution in [0.3, 0.4) is 0 Å². The van der Waals surface area contributed by atoms with Crippen molar-refractivity contribution in [2.75, 3.05) is 0 Å². The molecule has 0 rings (SSSR count). The van der Waals surface area contributed by atoms with Gasteiger partial charge in [0, 0.05) is 0 Å². The van der Waals surface area contributed by atoms with Gasteiger partial charge in [-0.15, -0.1) is 0 Å². The monoisotopic (exact) mass is 197 g/mol. The molecule has 0 aromatic heterocycles. The van der Waals surface area contributed by atoms with Crippen molar-refractivity contribution in [2.45, 2.75) is 10.1 Å². The Morgan fingerprint density at radius 3 is 1.55 bits per heavy atom. The number of hydrogen-bond donors (Lipinski definition) is 5. The fourth-order valence-corrected chi connectivity index (χ4v) is 0.754. The Balaban J connectivity index is 4.82. The molecule has 7 heteroatoms. The van der Waals surface area contributed by atoms with Crippen LogP contribution in [0.15, 0.2) is 0 Å². The zero-order valence-corrected chi connectivity index (χ0v) is 7.05. The molecule has 0 spiro atoms. The molecular weight excluding hydrogens is 190 g/mol. The zero-order valence-electron chi connectivity index (χ0n) is 5.26. The van der Waals surface area contributed by atoms with Crippen molar-refractivity contribution in [3.8, 4) is 0 Å². The second-order valence-corrected chi connectivity index (χ2v) is 3.29. The van der Waals surface area contributed by atoms with Gasteiger partial charge in [0.15, 0.2) is 0 Å². The average Bonchev–Trinajstić information content (AvgIpc) is 1.84. The van der Waals surface area contributed by atoms with Crippen molar-refractivity contribution < 1.29 is 19.8 Å². The normalized spacial score (nSPS) is 11.6. The topological polar surface area (TPSA) is 101 Å². The third-order valence-corrected chi connectivity index (χ3v) is 1.93. The van der Waals surface area contributed by atoms with Gasteiger partial charge in [0.05, 0.1) is 4.58 Å². The van der Waals surface area contributed by atoms with Gasteiger partial charge in [-0.1, -0.05) is 0 Å². The van der Waals surface area contributed by atoms with E-state index in [0.29, 0.717) is 0 Å². The van der Waals surface area contributed by atoms with E-state index in [9.17, 15) is 9.59 Å². The highest BCUT2D eigenvalue weighted by Gasteiger charge is 2.47. The first-order valence-corrected chi connectivity index (χ1v) is 3.48. The average molecular weight is 197 g/mol. The molecular formula is C4H7NO4S2. The maximum atomic E-state index is 10.3. The van der Waals surface area contributed by atoms with Crippen LogP contribution in [0.1, 0.15) is 0 Å². The minimum absolute atomic E-state index is 1.25. The predicted octanol–water partition coefficient (Wildman–Crippen LogP) is -0.961. The van der Waals surface area contributed by atoms with E-state index in [4.69, 9.17) is 15.9 Å². The highest BCUT2D eigenvalue weighted by atomic mass is 32.2. The number of carboxylic acid groups (broad SMARTS) is 2. The summed E-state index contributed by atoms with van der Waals surface area (Å²) in [4.78, 5) is 20.6. The van der Waals surface area contributed by atoms with Gasteiger partial charge in [-0.3, -0.25) is 0 Å². The molecule has 0 radical (unpaired) electrons. The first-order chi connectivity index (χ1) is 4.83. The lowest BCUT2D eigenvalue weighted by atomic mass is 10.1. The Morgan fingerprint density at radius 1 is 1.27 bits per heavy atom. The van der Waals surface area contributed by atoms with Crippen LogP contribution in [0.2, 0.25) is 0 Å². The van der Waals surface area contributed by atoms with E-state index in [2.05, 4.69) is 25.3 Å². The van der Waals surface area contributed by atoms with Crippen LogP contribution in [0, 0.1) is 0 Å².